The third-order valence-electron chi connectivity index (χ3n) is 4.74. The van der Waals surface area contributed by atoms with Gasteiger partial charge in [0, 0.05) is 34.2 Å². The molecule has 0 spiro atoms. The smallest absolute Gasteiger partial charge is 0.151 e. The summed E-state index contributed by atoms with van der Waals surface area (Å²) < 4.78 is 36.9. The predicted octanol–water partition coefficient (Wildman–Crippen LogP) is 6.64. The molecule has 4 aromatic rings. The average Bonchev–Trinajstić information content (AvgIpc) is 2.71. The summed E-state index contributed by atoms with van der Waals surface area (Å²) in [5.74, 6) is -0.617. The van der Waals surface area contributed by atoms with E-state index in [9.17, 15) is 12.8 Å². The molecular formula is C23H17Cl2FN2O2S. The van der Waals surface area contributed by atoms with Gasteiger partial charge in [-0.15, -0.1) is 0 Å². The highest BCUT2D eigenvalue weighted by Gasteiger charge is 2.12. The number of aromatic nitrogens is 1. The summed E-state index contributed by atoms with van der Waals surface area (Å²) in [5.41, 5.74) is 4.46. The number of sulfone groups is 1. The molecule has 1 N–H and O–H groups in total. The summed E-state index contributed by atoms with van der Waals surface area (Å²) in [6.45, 7) is 0. The van der Waals surface area contributed by atoms with Gasteiger partial charge in [-0.2, -0.15) is 0 Å². The van der Waals surface area contributed by atoms with Crippen LogP contribution in [0.1, 0.15) is 5.56 Å². The van der Waals surface area contributed by atoms with Crippen LogP contribution in [0.15, 0.2) is 66.9 Å². The van der Waals surface area contributed by atoms with E-state index < -0.39 is 15.7 Å². The zero-order chi connectivity index (χ0) is 22.2. The zero-order valence-corrected chi connectivity index (χ0v) is 18.7. The molecule has 1 heterocycles. The van der Waals surface area contributed by atoms with E-state index in [0.29, 0.717) is 16.3 Å². The summed E-state index contributed by atoms with van der Waals surface area (Å²) in [4.78, 5) is 4.40. The first kappa shape index (κ1) is 21.6. The lowest BCUT2D eigenvalue weighted by atomic mass is 10.0. The van der Waals surface area contributed by atoms with Gasteiger partial charge < -0.3 is 5.32 Å². The Balaban J connectivity index is 1.76. The van der Waals surface area contributed by atoms with E-state index in [1.54, 1.807) is 24.4 Å². The Morgan fingerprint density at radius 2 is 1.68 bits per heavy atom. The summed E-state index contributed by atoms with van der Waals surface area (Å²) >= 11 is 12.1. The number of nitrogens with one attached hydrogen (secondary N) is 1. The highest BCUT2D eigenvalue weighted by molar-refractivity contribution is 7.89. The molecule has 0 aliphatic rings. The van der Waals surface area contributed by atoms with E-state index in [1.165, 1.54) is 18.4 Å². The van der Waals surface area contributed by atoms with Crippen LogP contribution < -0.4 is 5.32 Å². The predicted molar refractivity (Wildman–Crippen MR) is 125 cm³/mol. The normalized spacial score (nSPS) is 11.6. The molecule has 0 saturated heterocycles. The fourth-order valence-corrected chi connectivity index (χ4v) is 4.56. The van der Waals surface area contributed by atoms with Gasteiger partial charge in [-0.25, -0.2) is 12.8 Å². The molecule has 31 heavy (non-hydrogen) atoms. The minimum Gasteiger partial charge on any atom is -0.355 e. The number of nitrogens with zero attached hydrogens (tertiary/aromatic N) is 1. The van der Waals surface area contributed by atoms with Crippen molar-refractivity contribution in [3.05, 3.63) is 88.3 Å². The van der Waals surface area contributed by atoms with E-state index in [4.69, 9.17) is 23.2 Å². The number of rotatable bonds is 5. The van der Waals surface area contributed by atoms with Crippen molar-refractivity contribution < 1.29 is 12.8 Å². The van der Waals surface area contributed by atoms with Gasteiger partial charge in [-0.05, 0) is 65.2 Å². The minimum absolute atomic E-state index is 0.0311. The SMILES string of the molecule is CS(=O)(=O)Cc1cc(-c2ccc3nccc(Nc4ccc(F)c(Cl)c4)c3c2)ccc1Cl. The molecule has 8 heteroatoms. The number of benzene rings is 3. The van der Waals surface area contributed by atoms with Gasteiger partial charge in [0.25, 0.3) is 0 Å². The Hall–Kier alpha value is -2.67. The molecule has 3 aromatic carbocycles. The lowest BCUT2D eigenvalue weighted by Gasteiger charge is -2.12. The molecular weight excluding hydrogens is 458 g/mol. The van der Waals surface area contributed by atoms with Crippen molar-refractivity contribution >= 4 is 55.3 Å². The van der Waals surface area contributed by atoms with Gasteiger partial charge in [0.2, 0.25) is 0 Å². The van der Waals surface area contributed by atoms with Gasteiger partial charge in [0.05, 0.1) is 16.3 Å². The fourth-order valence-electron chi connectivity index (χ4n) is 3.31. The lowest BCUT2D eigenvalue weighted by molar-refractivity contribution is 0.601. The standard InChI is InChI=1S/C23H17Cl2FN2O2S/c1-31(29,30)13-16-10-14(2-5-19(16)24)15-3-7-22-18(11-15)23(8-9-27-22)28-17-4-6-21(26)20(25)12-17/h2-12H,13H2,1H3,(H,27,28). The molecule has 0 aliphatic carbocycles. The molecule has 0 unspecified atom stereocenters. The second-order valence-electron chi connectivity index (χ2n) is 7.22. The molecule has 0 saturated carbocycles. The first-order valence-electron chi connectivity index (χ1n) is 9.27. The Labute approximate surface area is 189 Å². The maximum absolute atomic E-state index is 13.5. The Morgan fingerprint density at radius 3 is 2.42 bits per heavy atom. The van der Waals surface area contributed by atoms with Crippen molar-refractivity contribution in [2.75, 3.05) is 11.6 Å². The molecule has 158 valence electrons. The molecule has 0 fully saturated rings. The number of anilines is 2. The van der Waals surface area contributed by atoms with Gasteiger partial charge >= 0.3 is 0 Å². The lowest BCUT2D eigenvalue weighted by Crippen LogP contribution is -2.01. The van der Waals surface area contributed by atoms with Crippen molar-refractivity contribution in [2.45, 2.75) is 5.75 Å². The molecule has 0 bridgehead atoms. The fraction of sp³-hybridized carbons (Fsp3) is 0.0870. The molecule has 0 atom stereocenters. The van der Waals surface area contributed by atoms with Crippen LogP contribution in [0.25, 0.3) is 22.0 Å². The number of halogens is 3. The minimum atomic E-state index is -3.22. The molecule has 0 radical (unpaired) electrons. The van der Waals surface area contributed by atoms with E-state index in [2.05, 4.69) is 10.3 Å². The molecule has 4 rings (SSSR count). The monoisotopic (exact) mass is 474 g/mol. The van der Waals surface area contributed by atoms with Gasteiger partial charge in [0.1, 0.15) is 5.82 Å². The number of fused-ring (bicyclic) bond motifs is 1. The maximum Gasteiger partial charge on any atom is 0.151 e. The highest BCUT2D eigenvalue weighted by Crippen LogP contribution is 2.32. The summed E-state index contributed by atoms with van der Waals surface area (Å²) in [6.07, 6.45) is 2.86. The van der Waals surface area contributed by atoms with Crippen molar-refractivity contribution in [1.82, 2.24) is 4.98 Å². The van der Waals surface area contributed by atoms with Gasteiger partial charge in [-0.3, -0.25) is 4.98 Å². The Morgan fingerprint density at radius 1 is 0.935 bits per heavy atom. The Kier molecular flexibility index (Phi) is 5.88. The van der Waals surface area contributed by atoms with Crippen LogP contribution in [0, 0.1) is 5.82 Å². The molecule has 0 aliphatic heterocycles. The maximum atomic E-state index is 13.5. The van der Waals surface area contributed by atoms with Crippen molar-refractivity contribution in [2.24, 2.45) is 0 Å². The van der Waals surface area contributed by atoms with Crippen molar-refractivity contribution in [3.8, 4) is 11.1 Å². The summed E-state index contributed by atoms with van der Waals surface area (Å²) in [7, 11) is -3.22. The second kappa shape index (κ2) is 8.46. The first-order valence-corrected chi connectivity index (χ1v) is 12.1. The van der Waals surface area contributed by atoms with E-state index in [-0.39, 0.29) is 10.8 Å². The van der Waals surface area contributed by atoms with E-state index in [0.717, 1.165) is 27.7 Å². The van der Waals surface area contributed by atoms with Crippen molar-refractivity contribution in [1.29, 1.82) is 0 Å². The van der Waals surface area contributed by atoms with Crippen LogP contribution in [0.5, 0.6) is 0 Å². The van der Waals surface area contributed by atoms with E-state index >= 15 is 0 Å². The number of pyridine rings is 1. The number of hydrogen-bond donors (Lipinski definition) is 1. The highest BCUT2D eigenvalue weighted by atomic mass is 35.5. The van der Waals surface area contributed by atoms with Crippen LogP contribution in [-0.4, -0.2) is 19.7 Å². The third-order valence-corrected chi connectivity index (χ3v) is 6.23. The first-order chi connectivity index (χ1) is 14.7. The zero-order valence-electron chi connectivity index (χ0n) is 16.4. The van der Waals surface area contributed by atoms with Gasteiger partial charge in [-0.1, -0.05) is 35.3 Å². The molecule has 1 aromatic heterocycles. The largest absolute Gasteiger partial charge is 0.355 e. The average molecular weight is 475 g/mol. The van der Waals surface area contributed by atoms with Crippen molar-refractivity contribution in [3.63, 3.8) is 0 Å². The van der Waals surface area contributed by atoms with Crippen LogP contribution in [0.3, 0.4) is 0 Å². The second-order valence-corrected chi connectivity index (χ2v) is 10.2. The molecule has 4 nitrogen and oxygen atoms in total. The third kappa shape index (κ3) is 4.98. The topological polar surface area (TPSA) is 59.1 Å². The number of hydrogen-bond acceptors (Lipinski definition) is 4. The quantitative estimate of drug-likeness (QED) is 0.352. The van der Waals surface area contributed by atoms with Crippen LogP contribution in [0.4, 0.5) is 15.8 Å². The van der Waals surface area contributed by atoms with Crippen LogP contribution >= 0.6 is 23.2 Å². The summed E-state index contributed by atoms with van der Waals surface area (Å²) in [6, 6.07) is 17.3. The van der Waals surface area contributed by atoms with Crippen LogP contribution in [-0.2, 0) is 15.6 Å². The van der Waals surface area contributed by atoms with Crippen LogP contribution in [0.2, 0.25) is 10.0 Å². The van der Waals surface area contributed by atoms with E-state index in [1.807, 2.05) is 30.3 Å². The summed E-state index contributed by atoms with van der Waals surface area (Å²) in [5, 5.41) is 4.54. The molecule has 0 amide bonds. The van der Waals surface area contributed by atoms with Gasteiger partial charge in [0.15, 0.2) is 9.84 Å². The Bertz CT molecular complexity index is 1410.